The van der Waals surface area contributed by atoms with Gasteiger partial charge in [0.25, 0.3) is 0 Å². The van der Waals surface area contributed by atoms with E-state index >= 15 is 0 Å². The lowest BCUT2D eigenvalue weighted by Crippen LogP contribution is -2.35. The summed E-state index contributed by atoms with van der Waals surface area (Å²) < 4.78 is 1.29. The number of hydrogen-bond acceptors (Lipinski definition) is 4. The average Bonchev–Trinajstić information content (AvgIpc) is 2.77. The Labute approximate surface area is 111 Å². The molecule has 3 unspecified atom stereocenters. The first kappa shape index (κ1) is 12.2. The lowest BCUT2D eigenvalue weighted by molar-refractivity contribution is 0.252. The SMILES string of the molecule is CC1CCCC(Nc2ccc3n[nH]c(=O)n3n2)C1C. The van der Waals surface area contributed by atoms with Crippen molar-refractivity contribution >= 4 is 11.5 Å². The van der Waals surface area contributed by atoms with Gasteiger partial charge >= 0.3 is 5.69 Å². The van der Waals surface area contributed by atoms with Crippen molar-refractivity contribution in [3.8, 4) is 0 Å². The van der Waals surface area contributed by atoms with Gasteiger partial charge in [0, 0.05) is 6.04 Å². The van der Waals surface area contributed by atoms with E-state index in [4.69, 9.17) is 0 Å². The van der Waals surface area contributed by atoms with Gasteiger partial charge in [-0.25, -0.2) is 9.89 Å². The van der Waals surface area contributed by atoms with Gasteiger partial charge < -0.3 is 5.32 Å². The molecule has 19 heavy (non-hydrogen) atoms. The van der Waals surface area contributed by atoms with E-state index in [9.17, 15) is 4.79 Å². The van der Waals surface area contributed by atoms with Crippen LogP contribution in [0.4, 0.5) is 5.82 Å². The molecule has 6 heteroatoms. The van der Waals surface area contributed by atoms with Gasteiger partial charge in [0.2, 0.25) is 0 Å². The molecule has 0 aliphatic heterocycles. The molecule has 2 N–H and O–H groups in total. The maximum Gasteiger partial charge on any atom is 0.364 e. The Balaban J connectivity index is 1.84. The normalized spacial score (nSPS) is 27.6. The molecule has 1 fully saturated rings. The first-order valence-electron chi connectivity index (χ1n) is 6.86. The van der Waals surface area contributed by atoms with Gasteiger partial charge in [-0.05, 0) is 30.4 Å². The van der Waals surface area contributed by atoms with Crippen LogP contribution in [0.25, 0.3) is 5.65 Å². The topological polar surface area (TPSA) is 75.1 Å². The summed E-state index contributed by atoms with van der Waals surface area (Å²) in [5.74, 6) is 2.08. The molecule has 6 nitrogen and oxygen atoms in total. The van der Waals surface area contributed by atoms with Crippen LogP contribution < -0.4 is 11.0 Å². The summed E-state index contributed by atoms with van der Waals surface area (Å²) in [7, 11) is 0. The molecular formula is C13H19N5O. The molecular weight excluding hydrogens is 242 g/mol. The molecule has 2 aromatic rings. The van der Waals surface area contributed by atoms with Crippen molar-refractivity contribution in [3.05, 3.63) is 22.6 Å². The zero-order valence-corrected chi connectivity index (χ0v) is 11.3. The van der Waals surface area contributed by atoms with E-state index < -0.39 is 0 Å². The van der Waals surface area contributed by atoms with Crippen molar-refractivity contribution in [1.82, 2.24) is 19.8 Å². The van der Waals surface area contributed by atoms with Gasteiger partial charge in [0.15, 0.2) is 5.65 Å². The second-order valence-corrected chi connectivity index (χ2v) is 5.54. The third-order valence-corrected chi connectivity index (χ3v) is 4.31. The van der Waals surface area contributed by atoms with E-state index in [-0.39, 0.29) is 5.69 Å². The van der Waals surface area contributed by atoms with E-state index in [1.807, 2.05) is 6.07 Å². The summed E-state index contributed by atoms with van der Waals surface area (Å²) in [6, 6.07) is 4.10. The van der Waals surface area contributed by atoms with Crippen LogP contribution in [0.3, 0.4) is 0 Å². The molecule has 0 radical (unpaired) electrons. The third-order valence-electron chi connectivity index (χ3n) is 4.31. The van der Waals surface area contributed by atoms with Crippen LogP contribution in [-0.2, 0) is 0 Å². The van der Waals surface area contributed by atoms with Crippen LogP contribution in [-0.4, -0.2) is 25.9 Å². The first-order valence-corrected chi connectivity index (χ1v) is 6.86. The van der Waals surface area contributed by atoms with Crippen molar-refractivity contribution in [1.29, 1.82) is 0 Å². The van der Waals surface area contributed by atoms with Crippen LogP contribution in [0.15, 0.2) is 16.9 Å². The molecule has 3 atom stereocenters. The molecule has 102 valence electrons. The van der Waals surface area contributed by atoms with Gasteiger partial charge in [-0.15, -0.1) is 5.10 Å². The maximum atomic E-state index is 11.5. The molecule has 1 aliphatic carbocycles. The highest BCUT2D eigenvalue weighted by molar-refractivity contribution is 5.43. The minimum Gasteiger partial charge on any atom is -0.366 e. The Kier molecular flexibility index (Phi) is 3.00. The molecule has 0 amide bonds. The van der Waals surface area contributed by atoms with E-state index in [0.29, 0.717) is 17.6 Å². The molecule has 0 saturated heterocycles. The molecule has 3 rings (SSSR count). The fourth-order valence-corrected chi connectivity index (χ4v) is 2.86. The van der Waals surface area contributed by atoms with Gasteiger partial charge in [-0.1, -0.05) is 26.7 Å². The zero-order valence-electron chi connectivity index (χ0n) is 11.3. The van der Waals surface area contributed by atoms with Crippen LogP contribution in [0.2, 0.25) is 0 Å². The summed E-state index contributed by atoms with van der Waals surface area (Å²) in [6.07, 6.45) is 3.70. The molecule has 0 bridgehead atoms. The number of rotatable bonds is 2. The van der Waals surface area contributed by atoms with Crippen LogP contribution in [0.1, 0.15) is 33.1 Å². The van der Waals surface area contributed by atoms with Crippen molar-refractivity contribution in [2.45, 2.75) is 39.2 Å². The highest BCUT2D eigenvalue weighted by Crippen LogP contribution is 2.31. The van der Waals surface area contributed by atoms with E-state index in [1.54, 1.807) is 6.07 Å². The number of anilines is 1. The van der Waals surface area contributed by atoms with Gasteiger partial charge in [-0.2, -0.15) is 9.61 Å². The smallest absolute Gasteiger partial charge is 0.364 e. The Morgan fingerprint density at radius 2 is 2.21 bits per heavy atom. The maximum absolute atomic E-state index is 11.5. The van der Waals surface area contributed by atoms with Crippen LogP contribution in [0.5, 0.6) is 0 Å². The number of fused-ring (bicyclic) bond motifs is 1. The van der Waals surface area contributed by atoms with Crippen molar-refractivity contribution in [2.75, 3.05) is 5.32 Å². The monoisotopic (exact) mass is 261 g/mol. The number of aromatic nitrogens is 4. The predicted octanol–water partition coefficient (Wildman–Crippen LogP) is 1.65. The largest absolute Gasteiger partial charge is 0.366 e. The van der Waals surface area contributed by atoms with Crippen molar-refractivity contribution in [2.24, 2.45) is 11.8 Å². The highest BCUT2D eigenvalue weighted by Gasteiger charge is 2.27. The van der Waals surface area contributed by atoms with E-state index in [0.717, 1.165) is 18.2 Å². The molecule has 1 saturated carbocycles. The summed E-state index contributed by atoms with van der Waals surface area (Å²) in [6.45, 7) is 4.58. The second-order valence-electron chi connectivity index (χ2n) is 5.54. The number of nitrogens with one attached hydrogen (secondary N) is 2. The van der Waals surface area contributed by atoms with E-state index in [2.05, 4.69) is 34.5 Å². The zero-order chi connectivity index (χ0) is 13.4. The van der Waals surface area contributed by atoms with Gasteiger partial charge in [0.05, 0.1) is 0 Å². The second kappa shape index (κ2) is 4.68. The highest BCUT2D eigenvalue weighted by atomic mass is 16.2. The Morgan fingerprint density at radius 1 is 1.37 bits per heavy atom. The molecule has 0 aromatic carbocycles. The summed E-state index contributed by atoms with van der Waals surface area (Å²) in [5.41, 5.74) is 0.240. The standard InChI is InChI=1S/C13H19N5O/c1-8-4-3-5-10(9(8)2)14-11-6-7-12-15-16-13(19)18(12)17-11/h6-10H,3-5H2,1-2H3,(H,14,17)(H,16,19). The van der Waals surface area contributed by atoms with Gasteiger partial charge in [0.1, 0.15) is 5.82 Å². The Hall–Kier alpha value is -1.85. The molecule has 0 spiro atoms. The average molecular weight is 261 g/mol. The molecule has 2 aromatic heterocycles. The number of H-pyrrole nitrogens is 1. The Bertz CT molecular complexity index is 631. The fourth-order valence-electron chi connectivity index (χ4n) is 2.86. The summed E-state index contributed by atoms with van der Waals surface area (Å²) in [4.78, 5) is 11.5. The van der Waals surface area contributed by atoms with E-state index in [1.165, 1.54) is 17.4 Å². The summed E-state index contributed by atoms with van der Waals surface area (Å²) in [5, 5.41) is 14.0. The number of nitrogens with zero attached hydrogens (tertiary/aromatic N) is 3. The quantitative estimate of drug-likeness (QED) is 0.862. The first-order chi connectivity index (χ1) is 9.15. The number of aromatic amines is 1. The minimum atomic E-state index is -0.302. The fraction of sp³-hybridized carbons (Fsp3) is 0.615. The molecule has 1 aliphatic rings. The number of hydrogen-bond donors (Lipinski definition) is 2. The van der Waals surface area contributed by atoms with Crippen molar-refractivity contribution in [3.63, 3.8) is 0 Å². The predicted molar refractivity (Wildman–Crippen MR) is 73.2 cm³/mol. The molecule has 2 heterocycles. The minimum absolute atomic E-state index is 0.302. The Morgan fingerprint density at radius 3 is 3.05 bits per heavy atom. The van der Waals surface area contributed by atoms with Crippen molar-refractivity contribution < 1.29 is 0 Å². The van der Waals surface area contributed by atoms with Crippen LogP contribution >= 0.6 is 0 Å². The third kappa shape index (κ3) is 2.22. The lowest BCUT2D eigenvalue weighted by atomic mass is 9.78. The van der Waals surface area contributed by atoms with Gasteiger partial charge in [-0.3, -0.25) is 0 Å². The lowest BCUT2D eigenvalue weighted by Gasteiger charge is -2.34. The van der Waals surface area contributed by atoms with Crippen LogP contribution in [0, 0.1) is 11.8 Å². The summed E-state index contributed by atoms with van der Waals surface area (Å²) >= 11 is 0.